The van der Waals surface area contributed by atoms with Gasteiger partial charge in [-0.3, -0.25) is 0 Å². The molecule has 3 aliphatic carbocycles. The van der Waals surface area contributed by atoms with Crippen molar-refractivity contribution in [2.24, 2.45) is 28.6 Å². The van der Waals surface area contributed by atoms with Crippen LogP contribution in [0.3, 0.4) is 0 Å². The molecule has 3 aliphatic rings. The molecule has 4 nitrogen and oxygen atoms in total. The Morgan fingerprint density at radius 2 is 1.88 bits per heavy atom. The fraction of sp³-hybridized carbons (Fsp3) is 0.818. The molecule has 0 aliphatic heterocycles. The molecule has 0 aromatic carbocycles. The second-order valence-corrected chi connectivity index (χ2v) is 9.84. The summed E-state index contributed by atoms with van der Waals surface area (Å²) in [5.41, 5.74) is 1.25. The largest absolute Gasteiger partial charge is 0.393 e. The molecule has 148 valence electrons. The first kappa shape index (κ1) is 20.1. The minimum atomic E-state index is -0.932. The Labute approximate surface area is 157 Å². The van der Waals surface area contributed by atoms with Crippen LogP contribution >= 0.6 is 0 Å². The maximum Gasteiger partial charge on any atom is 0.0977 e. The van der Waals surface area contributed by atoms with E-state index in [9.17, 15) is 20.4 Å². The van der Waals surface area contributed by atoms with Crippen molar-refractivity contribution in [2.45, 2.75) is 83.7 Å². The second kappa shape index (κ2) is 7.05. The topological polar surface area (TPSA) is 80.9 Å². The highest BCUT2D eigenvalue weighted by atomic mass is 16.3. The maximum atomic E-state index is 11.0. The van der Waals surface area contributed by atoms with Crippen LogP contribution in [0.5, 0.6) is 0 Å². The van der Waals surface area contributed by atoms with Crippen LogP contribution in [0.15, 0.2) is 24.3 Å². The van der Waals surface area contributed by atoms with Gasteiger partial charge < -0.3 is 20.4 Å². The Bertz CT molecular complexity index is 568. The third-order valence-electron chi connectivity index (χ3n) is 7.93. The summed E-state index contributed by atoms with van der Waals surface area (Å²) >= 11 is 0. The van der Waals surface area contributed by atoms with Gasteiger partial charge in [-0.15, -0.1) is 6.58 Å². The van der Waals surface area contributed by atoms with E-state index in [0.29, 0.717) is 18.8 Å². The number of aliphatic hydroxyl groups is 4. The lowest BCUT2D eigenvalue weighted by atomic mass is 9.46. The molecule has 2 fully saturated rings. The maximum absolute atomic E-state index is 11.0. The first-order chi connectivity index (χ1) is 12.1. The van der Waals surface area contributed by atoms with Gasteiger partial charge in [-0.1, -0.05) is 38.5 Å². The minimum Gasteiger partial charge on any atom is -0.393 e. The smallest absolute Gasteiger partial charge is 0.0977 e. The molecule has 0 amide bonds. The van der Waals surface area contributed by atoms with E-state index in [0.717, 1.165) is 25.7 Å². The number of hydrogen-bond acceptors (Lipinski definition) is 4. The van der Waals surface area contributed by atoms with Crippen molar-refractivity contribution in [3.05, 3.63) is 24.3 Å². The van der Waals surface area contributed by atoms with E-state index in [-0.39, 0.29) is 28.8 Å². The third kappa shape index (κ3) is 3.30. The van der Waals surface area contributed by atoms with E-state index < -0.39 is 18.3 Å². The standard InChI is InChI=1S/C22H36O4/c1-5-17(24)18(25)12-16-20-15(7-8-21(16,2)3)22(4)9-6-14(23)10-13(22)11-19(20)26/h5,11,14-20,23-26H,1,6-10,12H2,2-4H3/t14-,15?,16?,17+,18+,19-,20?,22-/m0/s1. The molecule has 4 N–H and O–H groups in total. The van der Waals surface area contributed by atoms with Gasteiger partial charge in [-0.25, -0.2) is 0 Å². The highest BCUT2D eigenvalue weighted by Gasteiger charge is 2.56. The van der Waals surface area contributed by atoms with Crippen LogP contribution in [-0.4, -0.2) is 44.8 Å². The van der Waals surface area contributed by atoms with Crippen molar-refractivity contribution in [1.29, 1.82) is 0 Å². The molecule has 0 saturated heterocycles. The lowest BCUT2D eigenvalue weighted by molar-refractivity contribution is -0.107. The van der Waals surface area contributed by atoms with Gasteiger partial charge in [0.2, 0.25) is 0 Å². The number of rotatable bonds is 4. The highest BCUT2D eigenvalue weighted by Crippen LogP contribution is 2.61. The first-order valence-electron chi connectivity index (χ1n) is 10.2. The van der Waals surface area contributed by atoms with E-state index in [1.54, 1.807) is 0 Å². The van der Waals surface area contributed by atoms with Crippen molar-refractivity contribution in [3.63, 3.8) is 0 Å². The Balaban J connectivity index is 1.94. The Morgan fingerprint density at radius 3 is 2.54 bits per heavy atom. The zero-order chi connectivity index (χ0) is 19.3. The molecule has 0 aromatic rings. The van der Waals surface area contributed by atoms with Gasteiger partial charge in [0.1, 0.15) is 0 Å². The first-order valence-corrected chi connectivity index (χ1v) is 10.2. The molecule has 4 heteroatoms. The summed E-state index contributed by atoms with van der Waals surface area (Å²) in [6, 6.07) is 0. The Kier molecular flexibility index (Phi) is 5.44. The molecule has 0 aromatic heterocycles. The SMILES string of the molecule is C=C[C@@H](O)[C@H](O)CC1C2C(CCC1(C)C)[C@@]1(C)CC[C@H](O)CC1=C[C@@H]2O. The zero-order valence-corrected chi connectivity index (χ0v) is 16.4. The van der Waals surface area contributed by atoms with Crippen LogP contribution in [0.25, 0.3) is 0 Å². The molecule has 8 atom stereocenters. The quantitative estimate of drug-likeness (QED) is 0.578. The average Bonchev–Trinajstić information content (AvgIpc) is 2.57. The molecule has 26 heavy (non-hydrogen) atoms. The second-order valence-electron chi connectivity index (χ2n) is 9.84. The van der Waals surface area contributed by atoms with Crippen LogP contribution in [0.4, 0.5) is 0 Å². The van der Waals surface area contributed by atoms with Crippen molar-refractivity contribution >= 4 is 0 Å². The number of hydrogen-bond donors (Lipinski definition) is 4. The van der Waals surface area contributed by atoms with Gasteiger partial charge in [0.05, 0.1) is 24.4 Å². The third-order valence-corrected chi connectivity index (χ3v) is 7.93. The highest BCUT2D eigenvalue weighted by molar-refractivity contribution is 5.27. The Morgan fingerprint density at radius 1 is 1.19 bits per heavy atom. The molecular formula is C22H36O4. The van der Waals surface area contributed by atoms with Crippen molar-refractivity contribution < 1.29 is 20.4 Å². The fourth-order valence-corrected chi connectivity index (χ4v) is 6.17. The van der Waals surface area contributed by atoms with Crippen molar-refractivity contribution in [3.8, 4) is 0 Å². The molecule has 0 radical (unpaired) electrons. The van der Waals surface area contributed by atoms with Gasteiger partial charge in [-0.05, 0) is 67.1 Å². The van der Waals surface area contributed by atoms with E-state index in [1.807, 2.05) is 6.08 Å². The van der Waals surface area contributed by atoms with Crippen LogP contribution in [-0.2, 0) is 0 Å². The summed E-state index contributed by atoms with van der Waals surface area (Å²) in [4.78, 5) is 0. The van der Waals surface area contributed by atoms with Gasteiger partial charge in [0, 0.05) is 0 Å². The molecule has 3 rings (SSSR count). The summed E-state index contributed by atoms with van der Waals surface area (Å²) in [6.45, 7) is 10.3. The van der Waals surface area contributed by atoms with Gasteiger partial charge >= 0.3 is 0 Å². The number of fused-ring (bicyclic) bond motifs is 3. The van der Waals surface area contributed by atoms with E-state index in [2.05, 4.69) is 27.4 Å². The normalized spacial score (nSPS) is 44.3. The molecule has 0 heterocycles. The van der Waals surface area contributed by atoms with Crippen molar-refractivity contribution in [2.75, 3.05) is 0 Å². The summed E-state index contributed by atoms with van der Waals surface area (Å²) in [5.74, 6) is 0.563. The predicted octanol–water partition coefficient (Wildman–Crippen LogP) is 2.80. The molecular weight excluding hydrogens is 328 g/mol. The van der Waals surface area contributed by atoms with Crippen LogP contribution in [0, 0.1) is 28.6 Å². The average molecular weight is 365 g/mol. The minimum absolute atomic E-state index is 0.0000985. The summed E-state index contributed by atoms with van der Waals surface area (Å²) in [6.07, 6.45) is 5.78. The summed E-state index contributed by atoms with van der Waals surface area (Å²) < 4.78 is 0. The zero-order valence-electron chi connectivity index (χ0n) is 16.4. The van der Waals surface area contributed by atoms with E-state index >= 15 is 0 Å². The summed E-state index contributed by atoms with van der Waals surface area (Å²) in [5, 5.41) is 41.6. The van der Waals surface area contributed by atoms with Gasteiger partial charge in [0.15, 0.2) is 0 Å². The van der Waals surface area contributed by atoms with Crippen molar-refractivity contribution in [1.82, 2.24) is 0 Å². The van der Waals surface area contributed by atoms with E-state index in [1.165, 1.54) is 11.6 Å². The summed E-state index contributed by atoms with van der Waals surface area (Å²) in [7, 11) is 0. The predicted molar refractivity (Wildman–Crippen MR) is 102 cm³/mol. The fourth-order valence-electron chi connectivity index (χ4n) is 6.17. The molecule has 0 bridgehead atoms. The van der Waals surface area contributed by atoms with Crippen LogP contribution in [0.1, 0.15) is 59.3 Å². The Hall–Kier alpha value is -0.680. The lowest BCUT2D eigenvalue weighted by Gasteiger charge is -2.59. The molecule has 0 spiro atoms. The number of aliphatic hydroxyl groups excluding tert-OH is 4. The van der Waals surface area contributed by atoms with Gasteiger partial charge in [-0.2, -0.15) is 0 Å². The van der Waals surface area contributed by atoms with E-state index in [4.69, 9.17) is 0 Å². The van der Waals surface area contributed by atoms with Crippen LogP contribution < -0.4 is 0 Å². The molecule has 2 saturated carbocycles. The van der Waals surface area contributed by atoms with Crippen LogP contribution in [0.2, 0.25) is 0 Å². The lowest BCUT2D eigenvalue weighted by Crippen LogP contribution is -2.55. The molecule has 3 unspecified atom stereocenters. The monoisotopic (exact) mass is 364 g/mol. The van der Waals surface area contributed by atoms with Gasteiger partial charge in [0.25, 0.3) is 0 Å².